The van der Waals surface area contributed by atoms with Gasteiger partial charge >= 0.3 is 0 Å². The highest BCUT2D eigenvalue weighted by Crippen LogP contribution is 2.26. The van der Waals surface area contributed by atoms with E-state index >= 15 is 0 Å². The molecule has 118 valence electrons. The van der Waals surface area contributed by atoms with Gasteiger partial charge in [0, 0.05) is 24.7 Å². The minimum atomic E-state index is -0.991. The number of halogens is 2. The molecule has 0 saturated carbocycles. The summed E-state index contributed by atoms with van der Waals surface area (Å²) in [6.45, 7) is 2.91. The first-order chi connectivity index (χ1) is 10.5. The summed E-state index contributed by atoms with van der Waals surface area (Å²) < 4.78 is 26.9. The number of piperazine rings is 1. The van der Waals surface area contributed by atoms with E-state index in [-0.39, 0.29) is 29.8 Å². The molecule has 0 radical (unpaired) electrons. The highest BCUT2D eigenvalue weighted by Gasteiger charge is 2.41. The molecule has 0 aromatic heterocycles. The molecule has 2 aliphatic rings. The van der Waals surface area contributed by atoms with Crippen molar-refractivity contribution in [2.75, 3.05) is 13.1 Å². The summed E-state index contributed by atoms with van der Waals surface area (Å²) in [6.07, 6.45) is 1.61. The van der Waals surface area contributed by atoms with Gasteiger partial charge in [-0.1, -0.05) is 12.1 Å². The van der Waals surface area contributed by atoms with Crippen molar-refractivity contribution in [3.05, 3.63) is 35.4 Å². The van der Waals surface area contributed by atoms with Gasteiger partial charge in [-0.15, -0.1) is 0 Å². The molecule has 0 aliphatic carbocycles. The van der Waals surface area contributed by atoms with E-state index in [0.29, 0.717) is 6.54 Å². The third-order valence-electron chi connectivity index (χ3n) is 4.59. The van der Waals surface area contributed by atoms with E-state index in [4.69, 9.17) is 0 Å². The molecule has 2 amide bonds. The van der Waals surface area contributed by atoms with E-state index in [1.807, 2.05) is 4.90 Å². The van der Waals surface area contributed by atoms with E-state index in [1.54, 1.807) is 6.92 Å². The molecule has 2 saturated heterocycles. The Morgan fingerprint density at radius 1 is 1.36 bits per heavy atom. The van der Waals surface area contributed by atoms with Crippen molar-refractivity contribution in [1.82, 2.24) is 9.80 Å². The maximum absolute atomic E-state index is 13.7. The molecule has 0 unspecified atom stereocenters. The number of rotatable bonds is 2. The number of benzene rings is 1. The van der Waals surface area contributed by atoms with Crippen molar-refractivity contribution < 1.29 is 18.4 Å². The molecule has 2 aliphatic heterocycles. The minimum Gasteiger partial charge on any atom is -0.336 e. The van der Waals surface area contributed by atoms with Crippen LogP contribution in [0.25, 0.3) is 0 Å². The van der Waals surface area contributed by atoms with E-state index in [0.717, 1.165) is 25.5 Å². The van der Waals surface area contributed by atoms with Gasteiger partial charge in [-0.3, -0.25) is 9.59 Å². The Balaban J connectivity index is 1.77. The fourth-order valence-electron chi connectivity index (χ4n) is 3.34. The molecule has 2 heterocycles. The summed E-state index contributed by atoms with van der Waals surface area (Å²) in [5, 5.41) is 0. The third-order valence-corrected chi connectivity index (χ3v) is 4.59. The fourth-order valence-corrected chi connectivity index (χ4v) is 3.34. The maximum Gasteiger partial charge on any atom is 0.245 e. The molecule has 0 spiro atoms. The smallest absolute Gasteiger partial charge is 0.245 e. The number of carbonyl (C=O) groups excluding carboxylic acids is 2. The van der Waals surface area contributed by atoms with Crippen LogP contribution in [-0.2, 0) is 16.0 Å². The SMILES string of the molecule is C[C@H]1C(=O)N2CCC[C@H]2CN1C(=O)Cc1cccc(F)c1F. The van der Waals surface area contributed by atoms with E-state index in [2.05, 4.69) is 0 Å². The van der Waals surface area contributed by atoms with Crippen molar-refractivity contribution >= 4 is 11.8 Å². The van der Waals surface area contributed by atoms with Crippen LogP contribution in [0.4, 0.5) is 8.78 Å². The zero-order chi connectivity index (χ0) is 15.9. The molecular formula is C16H18F2N2O2. The first kappa shape index (κ1) is 14.9. The lowest BCUT2D eigenvalue weighted by Crippen LogP contribution is -2.60. The number of amides is 2. The second-order valence-electron chi connectivity index (χ2n) is 5.94. The molecule has 6 heteroatoms. The molecule has 22 heavy (non-hydrogen) atoms. The van der Waals surface area contributed by atoms with Crippen LogP contribution in [0.1, 0.15) is 25.3 Å². The van der Waals surface area contributed by atoms with Crippen molar-refractivity contribution in [3.8, 4) is 0 Å². The number of hydrogen-bond donors (Lipinski definition) is 0. The van der Waals surface area contributed by atoms with Gasteiger partial charge in [0.1, 0.15) is 6.04 Å². The molecule has 2 fully saturated rings. The second kappa shape index (κ2) is 5.66. The standard InChI is InChI=1S/C16H18F2N2O2/c1-10-16(22)19-7-3-5-12(19)9-20(10)14(21)8-11-4-2-6-13(17)15(11)18/h2,4,6,10,12H,3,5,7-9H2,1H3/t10-,12-/m0/s1. The Hall–Kier alpha value is -1.98. The average molecular weight is 308 g/mol. The van der Waals surface area contributed by atoms with Gasteiger partial charge in [0.15, 0.2) is 11.6 Å². The molecule has 1 aromatic carbocycles. The Morgan fingerprint density at radius 2 is 2.14 bits per heavy atom. The van der Waals surface area contributed by atoms with Crippen LogP contribution in [0.3, 0.4) is 0 Å². The lowest BCUT2D eigenvalue weighted by atomic mass is 10.0. The van der Waals surface area contributed by atoms with Crippen molar-refractivity contribution in [3.63, 3.8) is 0 Å². The van der Waals surface area contributed by atoms with Crippen LogP contribution in [0.2, 0.25) is 0 Å². The van der Waals surface area contributed by atoms with E-state index in [9.17, 15) is 18.4 Å². The van der Waals surface area contributed by atoms with Gasteiger partial charge in [-0.25, -0.2) is 8.78 Å². The molecule has 3 rings (SSSR count). The lowest BCUT2D eigenvalue weighted by Gasteiger charge is -2.41. The van der Waals surface area contributed by atoms with Crippen LogP contribution < -0.4 is 0 Å². The Morgan fingerprint density at radius 3 is 2.91 bits per heavy atom. The quantitative estimate of drug-likeness (QED) is 0.835. The minimum absolute atomic E-state index is 0.0264. The zero-order valence-electron chi connectivity index (χ0n) is 12.4. The summed E-state index contributed by atoms with van der Waals surface area (Å²) in [4.78, 5) is 28.1. The number of hydrogen-bond acceptors (Lipinski definition) is 2. The topological polar surface area (TPSA) is 40.6 Å². The molecule has 2 atom stereocenters. The zero-order valence-corrected chi connectivity index (χ0v) is 12.4. The van der Waals surface area contributed by atoms with E-state index < -0.39 is 17.7 Å². The summed E-state index contributed by atoms with van der Waals surface area (Å²) in [7, 11) is 0. The lowest BCUT2D eigenvalue weighted by molar-refractivity contribution is -0.152. The Labute approximate surface area is 127 Å². The van der Waals surface area contributed by atoms with Gasteiger partial charge in [0.05, 0.1) is 6.42 Å². The number of carbonyl (C=O) groups is 2. The van der Waals surface area contributed by atoms with Gasteiger partial charge in [-0.2, -0.15) is 0 Å². The predicted octanol–water partition coefficient (Wildman–Crippen LogP) is 1.73. The summed E-state index contributed by atoms with van der Waals surface area (Å²) in [5.41, 5.74) is 0.0264. The van der Waals surface area contributed by atoms with Crippen LogP contribution in [0, 0.1) is 11.6 Å². The van der Waals surface area contributed by atoms with Gasteiger partial charge < -0.3 is 9.80 Å². The maximum atomic E-state index is 13.7. The fraction of sp³-hybridized carbons (Fsp3) is 0.500. The Kier molecular flexibility index (Phi) is 3.85. The van der Waals surface area contributed by atoms with Gasteiger partial charge in [0.25, 0.3) is 0 Å². The van der Waals surface area contributed by atoms with Crippen LogP contribution >= 0.6 is 0 Å². The number of fused-ring (bicyclic) bond motifs is 1. The molecule has 4 nitrogen and oxygen atoms in total. The van der Waals surface area contributed by atoms with Crippen LogP contribution in [-0.4, -0.2) is 46.8 Å². The van der Waals surface area contributed by atoms with Crippen molar-refractivity contribution in [2.45, 2.75) is 38.3 Å². The first-order valence-electron chi connectivity index (χ1n) is 7.52. The molecular weight excluding hydrogens is 290 g/mol. The van der Waals surface area contributed by atoms with Crippen molar-refractivity contribution in [2.24, 2.45) is 0 Å². The summed E-state index contributed by atoms with van der Waals surface area (Å²) >= 11 is 0. The average Bonchev–Trinajstić information content (AvgIpc) is 2.96. The first-order valence-corrected chi connectivity index (χ1v) is 7.52. The monoisotopic (exact) mass is 308 g/mol. The predicted molar refractivity (Wildman–Crippen MR) is 76.0 cm³/mol. The molecule has 1 aromatic rings. The summed E-state index contributed by atoms with van der Waals surface area (Å²) in [5.74, 6) is -2.34. The van der Waals surface area contributed by atoms with Crippen molar-refractivity contribution in [1.29, 1.82) is 0 Å². The highest BCUT2D eigenvalue weighted by molar-refractivity contribution is 5.89. The highest BCUT2D eigenvalue weighted by atomic mass is 19.2. The largest absolute Gasteiger partial charge is 0.336 e. The molecule has 0 bridgehead atoms. The van der Waals surface area contributed by atoms with E-state index in [1.165, 1.54) is 17.0 Å². The normalized spacial score (nSPS) is 24.6. The third kappa shape index (κ3) is 2.46. The number of nitrogens with zero attached hydrogens (tertiary/aromatic N) is 2. The van der Waals surface area contributed by atoms with Crippen LogP contribution in [0.5, 0.6) is 0 Å². The van der Waals surface area contributed by atoms with Crippen LogP contribution in [0.15, 0.2) is 18.2 Å². The van der Waals surface area contributed by atoms with Gasteiger partial charge in [0.2, 0.25) is 11.8 Å². The summed E-state index contributed by atoms with van der Waals surface area (Å²) in [6, 6.07) is 3.31. The molecule has 0 N–H and O–H groups in total. The van der Waals surface area contributed by atoms with Gasteiger partial charge in [-0.05, 0) is 25.8 Å². The second-order valence-corrected chi connectivity index (χ2v) is 5.94. The Bertz CT molecular complexity index is 620.